The van der Waals surface area contributed by atoms with Crippen LogP contribution in [0, 0.1) is 27.4 Å². The minimum Gasteiger partial charge on any atom is -0.358 e. The van der Waals surface area contributed by atoms with Crippen LogP contribution in [0.2, 0.25) is 0 Å². The number of nitrogens with one attached hydrogen (secondary N) is 1. The molecule has 2 atom stereocenters. The van der Waals surface area contributed by atoms with Crippen molar-refractivity contribution >= 4 is 27.7 Å². The number of halogens is 1. The molecule has 0 saturated heterocycles. The van der Waals surface area contributed by atoms with E-state index in [4.69, 9.17) is 0 Å². The molecule has 2 aromatic rings. The van der Waals surface area contributed by atoms with Crippen LogP contribution in [0.15, 0.2) is 22.9 Å². The number of nitro groups is 1. The Morgan fingerprint density at radius 3 is 2.68 bits per heavy atom. The number of aromatic nitrogens is 4. The van der Waals surface area contributed by atoms with E-state index in [2.05, 4.69) is 31.4 Å². The zero-order valence-electron chi connectivity index (χ0n) is 17.6. The average Bonchev–Trinajstić information content (AvgIpc) is 3.31. The summed E-state index contributed by atoms with van der Waals surface area (Å²) < 4.78 is 4.12. The Morgan fingerprint density at radius 1 is 1.32 bits per heavy atom. The summed E-state index contributed by atoms with van der Waals surface area (Å²) >= 11 is 3.30. The Kier molecular flexibility index (Phi) is 4.95. The molecule has 0 radical (unpaired) electrons. The summed E-state index contributed by atoms with van der Waals surface area (Å²) in [6, 6.07) is 1.94. The molecule has 2 aromatic heterocycles. The van der Waals surface area contributed by atoms with Crippen molar-refractivity contribution in [3.63, 3.8) is 0 Å². The van der Waals surface area contributed by atoms with Crippen molar-refractivity contribution in [1.29, 1.82) is 0 Å². The normalized spacial score (nSPS) is 31.2. The van der Waals surface area contributed by atoms with Crippen LogP contribution < -0.4 is 5.32 Å². The van der Waals surface area contributed by atoms with Gasteiger partial charge in [0.05, 0.1) is 29.1 Å². The molecule has 9 nitrogen and oxygen atoms in total. The molecule has 2 heterocycles. The van der Waals surface area contributed by atoms with Crippen molar-refractivity contribution in [2.24, 2.45) is 17.3 Å². The summed E-state index contributed by atoms with van der Waals surface area (Å²) in [4.78, 5) is 23.8. The SMILES string of the molecule is CCn1ccc(CNC(=O)CC23CC4CC(C2)CC(n2cc(Br)c([N+](=O)[O-])n2)(C4)C3)n1. The van der Waals surface area contributed by atoms with Crippen molar-refractivity contribution < 1.29 is 9.72 Å². The van der Waals surface area contributed by atoms with Gasteiger partial charge in [-0.05, 0) is 89.6 Å². The fourth-order valence-electron chi connectivity index (χ4n) is 6.85. The number of hydrogen-bond acceptors (Lipinski definition) is 5. The van der Waals surface area contributed by atoms with Crippen molar-refractivity contribution in [2.45, 2.75) is 70.5 Å². The van der Waals surface area contributed by atoms with Gasteiger partial charge in [-0.25, -0.2) is 0 Å². The summed E-state index contributed by atoms with van der Waals surface area (Å²) in [5, 5.41) is 23.2. The molecule has 1 amide bonds. The zero-order chi connectivity index (χ0) is 21.8. The molecule has 4 aliphatic rings. The van der Waals surface area contributed by atoms with E-state index in [9.17, 15) is 14.9 Å². The van der Waals surface area contributed by atoms with Gasteiger partial charge in [-0.15, -0.1) is 0 Å². The minimum absolute atomic E-state index is 0.0514. The van der Waals surface area contributed by atoms with Gasteiger partial charge in [0.1, 0.15) is 4.47 Å². The number of hydrogen-bond donors (Lipinski definition) is 1. The predicted octanol–water partition coefficient (Wildman–Crippen LogP) is 3.77. The second-order valence-corrected chi connectivity index (χ2v) is 10.7. The van der Waals surface area contributed by atoms with E-state index >= 15 is 0 Å². The molecule has 0 spiro atoms. The summed E-state index contributed by atoms with van der Waals surface area (Å²) in [7, 11) is 0. The number of aryl methyl sites for hydroxylation is 1. The Balaban J connectivity index is 1.33. The molecule has 31 heavy (non-hydrogen) atoms. The van der Waals surface area contributed by atoms with Crippen LogP contribution in [0.25, 0.3) is 0 Å². The number of nitrogens with zero attached hydrogens (tertiary/aromatic N) is 5. The fraction of sp³-hybridized carbons (Fsp3) is 0.667. The molecular formula is C21H27BrN6O3. The van der Waals surface area contributed by atoms with Gasteiger partial charge in [-0.2, -0.15) is 9.78 Å². The first kappa shape index (κ1) is 20.7. The van der Waals surface area contributed by atoms with E-state index in [0.29, 0.717) is 29.3 Å². The fourth-order valence-corrected chi connectivity index (χ4v) is 7.27. The van der Waals surface area contributed by atoms with Gasteiger partial charge in [0.2, 0.25) is 5.91 Å². The third-order valence-corrected chi connectivity index (χ3v) is 8.04. The number of carbonyl (C=O) groups is 1. The van der Waals surface area contributed by atoms with Gasteiger partial charge in [0, 0.05) is 19.2 Å². The molecule has 2 unspecified atom stereocenters. The minimum atomic E-state index is -0.440. The van der Waals surface area contributed by atoms with Gasteiger partial charge in [-0.3, -0.25) is 9.48 Å². The highest BCUT2D eigenvalue weighted by Gasteiger charge is 2.60. The maximum absolute atomic E-state index is 12.9. The summed E-state index contributed by atoms with van der Waals surface area (Å²) in [6.07, 6.45) is 10.4. The van der Waals surface area contributed by atoms with Crippen LogP contribution in [-0.4, -0.2) is 30.4 Å². The molecule has 166 valence electrons. The Bertz CT molecular complexity index is 1020. The highest BCUT2D eigenvalue weighted by Crippen LogP contribution is 2.65. The van der Waals surface area contributed by atoms with Crippen molar-refractivity contribution in [3.05, 3.63) is 38.7 Å². The van der Waals surface area contributed by atoms with Gasteiger partial charge in [0.15, 0.2) is 0 Å². The average molecular weight is 491 g/mol. The molecule has 10 heteroatoms. The maximum atomic E-state index is 12.9. The smallest absolute Gasteiger partial charge is 0.358 e. The second-order valence-electron chi connectivity index (χ2n) is 9.80. The highest BCUT2D eigenvalue weighted by atomic mass is 79.9. The monoisotopic (exact) mass is 490 g/mol. The molecule has 4 saturated carbocycles. The Hall–Kier alpha value is -2.23. The lowest BCUT2D eigenvalue weighted by Gasteiger charge is -2.61. The lowest BCUT2D eigenvalue weighted by Crippen LogP contribution is -2.57. The molecular weight excluding hydrogens is 464 g/mol. The first-order valence-electron chi connectivity index (χ1n) is 11.0. The van der Waals surface area contributed by atoms with Crippen molar-refractivity contribution in [1.82, 2.24) is 24.9 Å². The van der Waals surface area contributed by atoms with Crippen LogP contribution in [-0.2, 0) is 23.4 Å². The molecule has 6 rings (SSSR count). The summed E-state index contributed by atoms with van der Waals surface area (Å²) in [5.41, 5.74) is 0.594. The van der Waals surface area contributed by atoms with Crippen LogP contribution >= 0.6 is 15.9 Å². The van der Waals surface area contributed by atoms with E-state index in [-0.39, 0.29) is 22.7 Å². The number of amides is 1. The zero-order valence-corrected chi connectivity index (χ0v) is 19.2. The molecule has 4 fully saturated rings. The van der Waals surface area contributed by atoms with Gasteiger partial charge in [0.25, 0.3) is 0 Å². The largest absolute Gasteiger partial charge is 0.404 e. The van der Waals surface area contributed by atoms with E-state index in [1.807, 2.05) is 28.6 Å². The maximum Gasteiger partial charge on any atom is 0.404 e. The first-order chi connectivity index (χ1) is 14.8. The summed E-state index contributed by atoms with van der Waals surface area (Å²) in [5.74, 6) is 1.04. The Labute approximate surface area is 188 Å². The lowest BCUT2D eigenvalue weighted by molar-refractivity contribution is -0.390. The van der Waals surface area contributed by atoms with E-state index in [1.54, 1.807) is 6.20 Å². The van der Waals surface area contributed by atoms with Gasteiger partial charge < -0.3 is 15.4 Å². The van der Waals surface area contributed by atoms with Gasteiger partial charge in [-0.1, -0.05) is 0 Å². The van der Waals surface area contributed by atoms with Crippen molar-refractivity contribution in [2.75, 3.05) is 0 Å². The van der Waals surface area contributed by atoms with Crippen LogP contribution in [0.1, 0.15) is 57.6 Å². The quantitative estimate of drug-likeness (QED) is 0.469. The highest BCUT2D eigenvalue weighted by molar-refractivity contribution is 9.10. The number of carbonyl (C=O) groups excluding carboxylic acids is 1. The molecule has 1 N–H and O–H groups in total. The standard InChI is InChI=1S/C21H27BrN6O3/c1-2-26-4-3-16(24-26)11-23-18(29)10-20-6-14-5-15(7-20)9-21(8-14,13-20)27-12-17(22)19(25-27)28(30)31/h3-4,12,14-15H,2,5-11,13H2,1H3,(H,23,29). The van der Waals surface area contributed by atoms with E-state index < -0.39 is 4.92 Å². The molecule has 0 aromatic carbocycles. The Morgan fingerprint density at radius 2 is 2.06 bits per heavy atom. The number of rotatable bonds is 7. The van der Waals surface area contributed by atoms with Crippen LogP contribution in [0.3, 0.4) is 0 Å². The summed E-state index contributed by atoms with van der Waals surface area (Å²) in [6.45, 7) is 3.28. The molecule has 4 bridgehead atoms. The molecule has 0 aliphatic heterocycles. The topological polar surface area (TPSA) is 108 Å². The second kappa shape index (κ2) is 7.43. The third kappa shape index (κ3) is 3.68. The van der Waals surface area contributed by atoms with Crippen LogP contribution in [0.5, 0.6) is 0 Å². The third-order valence-electron chi connectivity index (χ3n) is 7.48. The van der Waals surface area contributed by atoms with Crippen molar-refractivity contribution in [3.8, 4) is 0 Å². The predicted molar refractivity (Wildman–Crippen MR) is 116 cm³/mol. The molecule has 4 aliphatic carbocycles. The van der Waals surface area contributed by atoms with Crippen LogP contribution in [0.4, 0.5) is 5.82 Å². The van der Waals surface area contributed by atoms with E-state index in [1.165, 1.54) is 6.42 Å². The first-order valence-corrected chi connectivity index (χ1v) is 11.8. The van der Waals surface area contributed by atoms with E-state index in [0.717, 1.165) is 44.3 Å². The van der Waals surface area contributed by atoms with Gasteiger partial charge >= 0.3 is 5.82 Å². The lowest BCUT2D eigenvalue weighted by atomic mass is 9.46.